The topological polar surface area (TPSA) is 36.8 Å². The molecule has 0 amide bonds. The zero-order chi connectivity index (χ0) is 15.1. The maximum absolute atomic E-state index is 12.6. The average molecular weight is 313 g/mol. The number of hydrogen-bond acceptors (Lipinski definition) is 2. The molecular formula is C10H5F6N3S. The summed E-state index contributed by atoms with van der Waals surface area (Å²) in [5.41, 5.74) is -3.12. The Hall–Kier alpha value is -1.71. The quantitative estimate of drug-likeness (QED) is 0.627. The van der Waals surface area contributed by atoms with E-state index in [1.54, 1.807) is 0 Å². The Kier molecular flexibility index (Phi) is 3.44. The molecule has 0 saturated carbocycles. The van der Waals surface area contributed by atoms with E-state index in [2.05, 4.69) is 27.8 Å². The minimum absolute atomic E-state index is 0.0495. The summed E-state index contributed by atoms with van der Waals surface area (Å²) in [6.07, 6.45) is -10.9. The highest BCUT2D eigenvalue weighted by Gasteiger charge is 2.37. The summed E-state index contributed by atoms with van der Waals surface area (Å²) < 4.78 is 75.8. The SMILES string of the molecule is FC(F)(F)c1cc(C2N=NC(=S)N2)cc(C(F)(F)F)c1. The Labute approximate surface area is 113 Å². The van der Waals surface area contributed by atoms with Crippen LogP contribution in [0, 0.1) is 0 Å². The number of nitrogens with zero attached hydrogens (tertiary/aromatic N) is 2. The largest absolute Gasteiger partial charge is 0.416 e. The molecule has 0 spiro atoms. The van der Waals surface area contributed by atoms with Gasteiger partial charge < -0.3 is 5.32 Å². The Morgan fingerprint density at radius 1 is 0.950 bits per heavy atom. The summed E-state index contributed by atoms with van der Waals surface area (Å²) in [4.78, 5) is 0. The molecule has 1 unspecified atom stereocenters. The number of benzene rings is 1. The Morgan fingerprint density at radius 2 is 1.45 bits per heavy atom. The van der Waals surface area contributed by atoms with Gasteiger partial charge in [-0.3, -0.25) is 0 Å². The average Bonchev–Trinajstić information content (AvgIpc) is 2.73. The van der Waals surface area contributed by atoms with Gasteiger partial charge in [-0.25, -0.2) is 0 Å². The normalized spacial score (nSPS) is 19.3. The highest BCUT2D eigenvalue weighted by atomic mass is 32.1. The molecule has 0 radical (unpaired) electrons. The van der Waals surface area contributed by atoms with E-state index < -0.39 is 29.6 Å². The second-order valence-electron chi connectivity index (χ2n) is 3.91. The van der Waals surface area contributed by atoms with Crippen molar-refractivity contribution in [3.8, 4) is 0 Å². The molecule has 1 aliphatic rings. The van der Waals surface area contributed by atoms with Crippen LogP contribution in [0.5, 0.6) is 0 Å². The van der Waals surface area contributed by atoms with Gasteiger partial charge in [0.25, 0.3) is 0 Å². The van der Waals surface area contributed by atoms with Crippen LogP contribution in [0.4, 0.5) is 26.3 Å². The van der Waals surface area contributed by atoms with Gasteiger partial charge in [0, 0.05) is 0 Å². The number of halogens is 6. The first-order chi connectivity index (χ1) is 9.07. The van der Waals surface area contributed by atoms with Crippen LogP contribution in [0.1, 0.15) is 22.9 Å². The summed E-state index contributed by atoms with van der Waals surface area (Å²) >= 11 is 4.59. The van der Waals surface area contributed by atoms with Crippen molar-refractivity contribution in [2.75, 3.05) is 0 Å². The van der Waals surface area contributed by atoms with Crippen LogP contribution in [0.3, 0.4) is 0 Å². The van der Waals surface area contributed by atoms with Crippen molar-refractivity contribution in [1.29, 1.82) is 0 Å². The first-order valence-electron chi connectivity index (χ1n) is 5.08. The van der Waals surface area contributed by atoms with Crippen molar-refractivity contribution in [1.82, 2.24) is 5.32 Å². The lowest BCUT2D eigenvalue weighted by atomic mass is 10.0. The molecule has 2 rings (SSSR count). The minimum Gasteiger partial charge on any atom is -0.333 e. The third-order valence-electron chi connectivity index (χ3n) is 2.45. The summed E-state index contributed by atoms with van der Waals surface area (Å²) in [6.45, 7) is 0. The van der Waals surface area contributed by atoms with Crippen molar-refractivity contribution >= 4 is 17.3 Å². The van der Waals surface area contributed by atoms with Crippen LogP contribution in [-0.4, -0.2) is 5.11 Å². The van der Waals surface area contributed by atoms with Gasteiger partial charge in [-0.05, 0) is 36.0 Å². The number of azo groups is 1. The first-order valence-corrected chi connectivity index (χ1v) is 5.49. The molecule has 1 aliphatic heterocycles. The zero-order valence-corrected chi connectivity index (χ0v) is 10.2. The molecule has 1 N–H and O–H groups in total. The number of thiocarbonyl (C=S) groups is 1. The fourth-order valence-electron chi connectivity index (χ4n) is 1.57. The first kappa shape index (κ1) is 14.7. The van der Waals surface area contributed by atoms with Crippen LogP contribution in [0.15, 0.2) is 28.4 Å². The fraction of sp³-hybridized carbons (Fsp3) is 0.300. The minimum atomic E-state index is -4.90. The number of nitrogens with one attached hydrogen (secondary N) is 1. The van der Waals surface area contributed by atoms with Gasteiger partial charge in [0.2, 0.25) is 5.11 Å². The number of rotatable bonds is 1. The summed E-state index contributed by atoms with van der Waals surface area (Å²) in [7, 11) is 0. The van der Waals surface area contributed by atoms with Gasteiger partial charge in [-0.15, -0.1) is 5.11 Å². The third-order valence-corrected chi connectivity index (χ3v) is 2.65. The Bertz CT molecular complexity index is 545. The molecule has 108 valence electrons. The molecule has 3 nitrogen and oxygen atoms in total. The van der Waals surface area contributed by atoms with Gasteiger partial charge in [-0.1, -0.05) is 0 Å². The molecule has 1 aromatic rings. The molecule has 1 aromatic carbocycles. The van der Waals surface area contributed by atoms with E-state index in [1.165, 1.54) is 0 Å². The van der Waals surface area contributed by atoms with E-state index in [0.717, 1.165) is 0 Å². The smallest absolute Gasteiger partial charge is 0.333 e. The van der Waals surface area contributed by atoms with Crippen LogP contribution in [0.25, 0.3) is 0 Å². The molecule has 1 heterocycles. The van der Waals surface area contributed by atoms with Crippen LogP contribution >= 0.6 is 12.2 Å². The highest BCUT2D eigenvalue weighted by Crippen LogP contribution is 2.37. The van der Waals surface area contributed by atoms with Gasteiger partial charge in [0.05, 0.1) is 11.1 Å². The zero-order valence-electron chi connectivity index (χ0n) is 9.38. The van der Waals surface area contributed by atoms with Crippen LogP contribution < -0.4 is 5.32 Å². The van der Waals surface area contributed by atoms with E-state index in [4.69, 9.17) is 0 Å². The van der Waals surface area contributed by atoms with E-state index in [0.29, 0.717) is 12.1 Å². The lowest BCUT2D eigenvalue weighted by Crippen LogP contribution is -2.20. The summed E-state index contributed by atoms with van der Waals surface area (Å²) in [5.74, 6) is 0. The third kappa shape index (κ3) is 3.06. The molecule has 0 aliphatic carbocycles. The van der Waals surface area contributed by atoms with Gasteiger partial charge >= 0.3 is 12.4 Å². The van der Waals surface area contributed by atoms with E-state index >= 15 is 0 Å². The predicted molar refractivity (Wildman–Crippen MR) is 59.8 cm³/mol. The van der Waals surface area contributed by atoms with Crippen molar-refractivity contribution in [2.24, 2.45) is 10.2 Å². The van der Waals surface area contributed by atoms with E-state index in [-0.39, 0.29) is 16.7 Å². The lowest BCUT2D eigenvalue weighted by Gasteiger charge is -2.15. The Morgan fingerprint density at radius 3 is 1.80 bits per heavy atom. The van der Waals surface area contributed by atoms with E-state index in [1.807, 2.05) is 0 Å². The van der Waals surface area contributed by atoms with Gasteiger partial charge in [-0.2, -0.15) is 31.5 Å². The summed E-state index contributed by atoms with van der Waals surface area (Å²) in [6, 6.07) is 1.22. The van der Waals surface area contributed by atoms with Crippen molar-refractivity contribution < 1.29 is 26.3 Å². The molecule has 0 fully saturated rings. The summed E-state index contributed by atoms with van der Waals surface area (Å²) in [5, 5.41) is 9.13. The monoisotopic (exact) mass is 313 g/mol. The molecular weight excluding hydrogens is 308 g/mol. The van der Waals surface area contributed by atoms with Crippen molar-refractivity contribution in [3.05, 3.63) is 34.9 Å². The molecule has 10 heteroatoms. The molecule has 20 heavy (non-hydrogen) atoms. The fourth-order valence-corrected chi connectivity index (χ4v) is 1.73. The van der Waals surface area contributed by atoms with Crippen LogP contribution in [-0.2, 0) is 12.4 Å². The molecule has 1 atom stereocenters. The second kappa shape index (κ2) is 4.69. The predicted octanol–water partition coefficient (Wildman–Crippen LogP) is 4.06. The molecule has 0 aromatic heterocycles. The Balaban J connectivity index is 2.52. The maximum Gasteiger partial charge on any atom is 0.416 e. The lowest BCUT2D eigenvalue weighted by molar-refractivity contribution is -0.143. The van der Waals surface area contributed by atoms with Gasteiger partial charge in [0.15, 0.2) is 6.17 Å². The van der Waals surface area contributed by atoms with Crippen LogP contribution in [0.2, 0.25) is 0 Å². The number of alkyl halides is 6. The standard InChI is InChI=1S/C10H5F6N3S/c11-9(12,13)5-1-4(7-17-8(20)19-18-7)2-6(3-5)10(14,15)16/h1-3,7H,(H,17,20). The highest BCUT2D eigenvalue weighted by molar-refractivity contribution is 7.80. The van der Waals surface area contributed by atoms with Crippen molar-refractivity contribution in [2.45, 2.75) is 18.5 Å². The number of hydrogen-bond donors (Lipinski definition) is 1. The molecule has 0 saturated heterocycles. The second-order valence-corrected chi connectivity index (χ2v) is 4.29. The van der Waals surface area contributed by atoms with Crippen molar-refractivity contribution in [3.63, 3.8) is 0 Å². The van der Waals surface area contributed by atoms with E-state index in [9.17, 15) is 26.3 Å². The maximum atomic E-state index is 12.6. The molecule has 0 bridgehead atoms. The van der Waals surface area contributed by atoms with Gasteiger partial charge in [0.1, 0.15) is 0 Å².